The van der Waals surface area contributed by atoms with E-state index in [-0.39, 0.29) is 7.92 Å². The van der Waals surface area contributed by atoms with Crippen LogP contribution in [0.5, 0.6) is 0 Å². The van der Waals surface area contributed by atoms with Gasteiger partial charge in [-0.25, -0.2) is 0 Å². The van der Waals surface area contributed by atoms with E-state index >= 15 is 0 Å². The monoisotopic (exact) mass is 548 g/mol. The predicted molar refractivity (Wildman–Crippen MR) is 180 cm³/mol. The second-order valence-electron chi connectivity index (χ2n) is 11.7. The summed E-state index contributed by atoms with van der Waals surface area (Å²) < 4.78 is 0. The van der Waals surface area contributed by atoms with Crippen molar-refractivity contribution in [2.45, 2.75) is 142 Å². The highest BCUT2D eigenvalue weighted by molar-refractivity contribution is 7.61. The lowest BCUT2D eigenvalue weighted by atomic mass is 10.00. The van der Waals surface area contributed by atoms with Crippen LogP contribution in [0.25, 0.3) is 5.57 Å². The number of hydrogen-bond donors (Lipinski definition) is 0. The molecule has 0 fully saturated rings. The Morgan fingerprint density at radius 3 is 1.08 bits per heavy atom. The van der Waals surface area contributed by atoms with E-state index in [2.05, 4.69) is 80.3 Å². The van der Waals surface area contributed by atoms with Crippen LogP contribution in [0.4, 0.5) is 0 Å². The lowest BCUT2D eigenvalue weighted by molar-refractivity contribution is 0.561. The summed E-state index contributed by atoms with van der Waals surface area (Å²) >= 11 is 0. The van der Waals surface area contributed by atoms with Gasteiger partial charge in [-0.05, 0) is 41.9 Å². The number of benzene rings is 2. The predicted octanol–water partition coefficient (Wildman–Crippen LogP) is 13.4. The van der Waals surface area contributed by atoms with E-state index in [4.69, 9.17) is 0 Å². The van der Waals surface area contributed by atoms with E-state index in [0.29, 0.717) is 0 Å². The van der Waals surface area contributed by atoms with Gasteiger partial charge in [0.1, 0.15) is 0 Å². The van der Waals surface area contributed by atoms with Gasteiger partial charge >= 0.3 is 0 Å². The van der Waals surface area contributed by atoms with Crippen LogP contribution in [0.3, 0.4) is 0 Å². The normalized spacial score (nSPS) is 11.3. The van der Waals surface area contributed by atoms with Gasteiger partial charge in [0, 0.05) is 0 Å². The average Bonchev–Trinajstić information content (AvgIpc) is 2.98. The van der Waals surface area contributed by atoms with Crippen LogP contribution in [0.2, 0.25) is 0 Å². The molecule has 0 spiro atoms. The Bertz CT molecular complexity index is 744. The molecule has 0 aliphatic heterocycles. The first-order valence-electron chi connectivity index (χ1n) is 16.9. The zero-order chi connectivity index (χ0) is 27.6. The molecule has 0 unspecified atom stereocenters. The summed E-state index contributed by atoms with van der Waals surface area (Å²) in [4.78, 5) is 0. The Balaban J connectivity index is 1.86. The Kier molecular flexibility index (Phi) is 21.2. The van der Waals surface area contributed by atoms with Crippen LogP contribution in [-0.4, -0.2) is 12.3 Å². The molecule has 1 heteroatoms. The molecule has 218 valence electrons. The largest absolute Gasteiger partial charge is 0.0826 e. The summed E-state index contributed by atoms with van der Waals surface area (Å²) in [5.74, 6) is 2.71. The molecule has 2 rings (SSSR count). The number of unbranched alkanes of at least 4 members (excludes halogenated alkanes) is 18. The minimum absolute atomic E-state index is 0.0784. The van der Waals surface area contributed by atoms with Gasteiger partial charge in [-0.1, -0.05) is 204 Å². The zero-order valence-corrected chi connectivity index (χ0v) is 26.7. The van der Waals surface area contributed by atoms with Crippen molar-refractivity contribution in [1.82, 2.24) is 0 Å². The molecule has 0 saturated heterocycles. The molecular formula is C38H61P. The first-order chi connectivity index (χ1) is 19.3. The molecule has 0 aliphatic carbocycles. The van der Waals surface area contributed by atoms with E-state index in [0.717, 1.165) is 0 Å². The van der Waals surface area contributed by atoms with Crippen LogP contribution >= 0.6 is 7.92 Å². The van der Waals surface area contributed by atoms with Crippen LogP contribution < -0.4 is 0 Å². The molecule has 2 aromatic carbocycles. The van der Waals surface area contributed by atoms with Crippen molar-refractivity contribution in [1.29, 1.82) is 0 Å². The average molecular weight is 549 g/mol. The van der Waals surface area contributed by atoms with Gasteiger partial charge in [0.15, 0.2) is 0 Å². The second-order valence-corrected chi connectivity index (χ2v) is 14.0. The fourth-order valence-electron chi connectivity index (χ4n) is 5.58. The Morgan fingerprint density at radius 2 is 0.744 bits per heavy atom. The minimum Gasteiger partial charge on any atom is -0.0826 e. The maximum atomic E-state index is 2.71. The van der Waals surface area contributed by atoms with Crippen molar-refractivity contribution in [2.75, 3.05) is 12.3 Å². The molecule has 39 heavy (non-hydrogen) atoms. The van der Waals surface area contributed by atoms with Gasteiger partial charge in [0.25, 0.3) is 0 Å². The topological polar surface area (TPSA) is 0 Å². The van der Waals surface area contributed by atoms with E-state index in [1.165, 1.54) is 157 Å². The SMILES string of the molecule is CCCCCCCCCCCCP(C=C(c1ccccc1)c1ccccc1)CCCCCCCCCCCC. The number of hydrogen-bond acceptors (Lipinski definition) is 0. The molecule has 0 radical (unpaired) electrons. The zero-order valence-electron chi connectivity index (χ0n) is 25.9. The molecule has 0 N–H and O–H groups in total. The van der Waals surface area contributed by atoms with E-state index < -0.39 is 0 Å². The molecule has 0 aliphatic rings. The molecule has 0 amide bonds. The molecular weight excluding hydrogens is 487 g/mol. The standard InChI is InChI=1S/C38H61P/c1-3-5-7-9-11-13-15-17-19-27-33-39(34-28-20-18-16-14-12-10-8-6-4-2)35-38(36-29-23-21-24-30-36)37-31-25-22-26-32-37/h21-26,29-32,35H,3-20,27-28,33-34H2,1-2H3. The highest BCUT2D eigenvalue weighted by Crippen LogP contribution is 2.44. The van der Waals surface area contributed by atoms with Crippen LogP contribution in [0, 0.1) is 0 Å². The van der Waals surface area contributed by atoms with Gasteiger partial charge in [-0.15, -0.1) is 0 Å². The summed E-state index contributed by atoms with van der Waals surface area (Å²) in [6, 6.07) is 22.3. The van der Waals surface area contributed by atoms with Crippen molar-refractivity contribution in [2.24, 2.45) is 0 Å². The third-order valence-electron chi connectivity index (χ3n) is 8.08. The summed E-state index contributed by atoms with van der Waals surface area (Å²) in [7, 11) is -0.0784. The third kappa shape index (κ3) is 17.1. The fraction of sp³-hybridized carbons (Fsp3) is 0.632. The summed E-state index contributed by atoms with van der Waals surface area (Å²) in [5.41, 5.74) is 4.21. The minimum atomic E-state index is -0.0784. The first kappa shape index (κ1) is 33.8. The Hall–Kier alpha value is -1.39. The second kappa shape index (κ2) is 24.4. The van der Waals surface area contributed by atoms with Crippen LogP contribution in [-0.2, 0) is 0 Å². The molecule has 0 saturated carbocycles. The summed E-state index contributed by atoms with van der Waals surface area (Å²) in [5, 5.41) is 0. The smallest absolute Gasteiger partial charge is 0.0107 e. The van der Waals surface area contributed by atoms with Crippen molar-refractivity contribution in [3.63, 3.8) is 0 Å². The van der Waals surface area contributed by atoms with Gasteiger partial charge < -0.3 is 0 Å². The molecule has 0 heterocycles. The van der Waals surface area contributed by atoms with Crippen LogP contribution in [0.15, 0.2) is 66.5 Å². The molecule has 2 aromatic rings. The quantitative estimate of drug-likeness (QED) is 0.0855. The van der Waals surface area contributed by atoms with Gasteiger partial charge in [0.05, 0.1) is 0 Å². The van der Waals surface area contributed by atoms with E-state index in [1.807, 2.05) is 0 Å². The Labute approximate surface area is 245 Å². The summed E-state index contributed by atoms with van der Waals surface area (Å²) in [6.45, 7) is 4.62. The fourth-order valence-corrected chi connectivity index (χ4v) is 7.98. The molecule has 0 bridgehead atoms. The third-order valence-corrected chi connectivity index (χ3v) is 10.5. The van der Waals surface area contributed by atoms with Crippen molar-refractivity contribution in [3.8, 4) is 0 Å². The maximum absolute atomic E-state index is 2.71. The van der Waals surface area contributed by atoms with Crippen molar-refractivity contribution >= 4 is 13.5 Å². The van der Waals surface area contributed by atoms with Gasteiger partial charge in [-0.2, -0.15) is 0 Å². The molecule has 0 atom stereocenters. The Morgan fingerprint density at radius 1 is 0.436 bits per heavy atom. The molecule has 0 nitrogen and oxygen atoms in total. The van der Waals surface area contributed by atoms with E-state index in [1.54, 1.807) is 0 Å². The van der Waals surface area contributed by atoms with Crippen molar-refractivity contribution < 1.29 is 0 Å². The first-order valence-corrected chi connectivity index (χ1v) is 18.7. The van der Waals surface area contributed by atoms with Crippen molar-refractivity contribution in [3.05, 3.63) is 77.6 Å². The van der Waals surface area contributed by atoms with Gasteiger partial charge in [-0.3, -0.25) is 0 Å². The molecule has 0 aromatic heterocycles. The maximum Gasteiger partial charge on any atom is -0.0107 e. The lowest BCUT2D eigenvalue weighted by Gasteiger charge is -2.18. The summed E-state index contributed by atoms with van der Waals surface area (Å²) in [6.07, 6.45) is 31.4. The highest BCUT2D eigenvalue weighted by Gasteiger charge is 2.11. The van der Waals surface area contributed by atoms with E-state index in [9.17, 15) is 0 Å². The van der Waals surface area contributed by atoms with Gasteiger partial charge in [0.2, 0.25) is 0 Å². The van der Waals surface area contributed by atoms with Crippen LogP contribution in [0.1, 0.15) is 153 Å². The number of rotatable bonds is 25. The lowest BCUT2D eigenvalue weighted by Crippen LogP contribution is -1.94. The highest BCUT2D eigenvalue weighted by atomic mass is 31.1.